The average molecular weight is 747 g/mol. The van der Waals surface area contributed by atoms with Crippen molar-refractivity contribution in [2.45, 2.75) is 0 Å². The Balaban J connectivity index is 1.06. The first-order valence-electron chi connectivity index (χ1n) is 19.0. The van der Waals surface area contributed by atoms with Crippen molar-refractivity contribution < 1.29 is 4.42 Å². The minimum Gasteiger partial charge on any atom is -0.456 e. The number of para-hydroxylation sites is 2. The van der Waals surface area contributed by atoms with Gasteiger partial charge < -0.3 is 8.98 Å². The SMILES string of the molecule is c1ccc(-c2nc(-c3ccccc3)nc(-c3cccc4oc5ccc(-c6cccc7c6sc6cccc(-n8c9ccccc9c9ccccc98)c67)cc5c34)n2)cc1. The van der Waals surface area contributed by atoms with Crippen molar-refractivity contribution in [1.82, 2.24) is 19.5 Å². The number of thiophene rings is 1. The molecule has 0 aliphatic heterocycles. The number of fused-ring (bicyclic) bond motifs is 9. The third-order valence-corrected chi connectivity index (χ3v) is 12.3. The predicted molar refractivity (Wildman–Crippen MR) is 236 cm³/mol. The average Bonchev–Trinajstić information content (AvgIpc) is 3.96. The third kappa shape index (κ3) is 4.98. The van der Waals surface area contributed by atoms with Crippen LogP contribution in [0, 0.1) is 0 Å². The molecule has 4 aromatic heterocycles. The van der Waals surface area contributed by atoms with Gasteiger partial charge in [0.25, 0.3) is 0 Å². The van der Waals surface area contributed by atoms with Crippen LogP contribution in [-0.4, -0.2) is 19.5 Å². The highest BCUT2D eigenvalue weighted by Gasteiger charge is 2.21. The maximum atomic E-state index is 6.53. The maximum Gasteiger partial charge on any atom is 0.164 e. The van der Waals surface area contributed by atoms with Crippen LogP contribution in [0.3, 0.4) is 0 Å². The second-order valence-corrected chi connectivity index (χ2v) is 15.4. The molecule has 0 aliphatic rings. The van der Waals surface area contributed by atoms with Crippen LogP contribution in [0.2, 0.25) is 0 Å². The molecule has 266 valence electrons. The molecule has 0 fully saturated rings. The predicted octanol–water partition coefficient (Wildman–Crippen LogP) is 13.9. The topological polar surface area (TPSA) is 56.7 Å². The minimum atomic E-state index is 0.602. The molecule has 0 spiro atoms. The molecular weight excluding hydrogens is 717 g/mol. The highest BCUT2D eigenvalue weighted by atomic mass is 32.1. The van der Waals surface area contributed by atoms with Crippen LogP contribution in [0.5, 0.6) is 0 Å². The van der Waals surface area contributed by atoms with Gasteiger partial charge in [0.2, 0.25) is 0 Å². The Morgan fingerprint density at radius 2 is 1.00 bits per heavy atom. The zero-order chi connectivity index (χ0) is 37.5. The fourth-order valence-corrected chi connectivity index (χ4v) is 9.79. The van der Waals surface area contributed by atoms with Crippen molar-refractivity contribution in [2.75, 3.05) is 0 Å². The first-order chi connectivity index (χ1) is 28.3. The zero-order valence-electron chi connectivity index (χ0n) is 30.4. The van der Waals surface area contributed by atoms with Crippen molar-refractivity contribution in [2.24, 2.45) is 0 Å². The summed E-state index contributed by atoms with van der Waals surface area (Å²) in [5.41, 5.74) is 10.3. The molecule has 0 radical (unpaired) electrons. The molecule has 0 aliphatic carbocycles. The van der Waals surface area contributed by atoms with Gasteiger partial charge in [-0.15, -0.1) is 11.3 Å². The van der Waals surface area contributed by atoms with E-state index in [1.807, 2.05) is 84.1 Å². The van der Waals surface area contributed by atoms with Crippen molar-refractivity contribution in [3.05, 3.63) is 182 Å². The monoisotopic (exact) mass is 746 g/mol. The summed E-state index contributed by atoms with van der Waals surface area (Å²) in [5, 5.41) is 7.03. The van der Waals surface area contributed by atoms with Gasteiger partial charge in [0, 0.05) is 58.4 Å². The van der Waals surface area contributed by atoms with Crippen molar-refractivity contribution >= 4 is 75.3 Å². The molecule has 57 heavy (non-hydrogen) atoms. The van der Waals surface area contributed by atoms with Crippen molar-refractivity contribution in [1.29, 1.82) is 0 Å². The molecule has 6 heteroatoms. The number of rotatable bonds is 5. The molecule has 0 atom stereocenters. The lowest BCUT2D eigenvalue weighted by Crippen LogP contribution is -2.00. The molecule has 12 rings (SSSR count). The Labute approximate surface area is 330 Å². The summed E-state index contributed by atoms with van der Waals surface area (Å²) in [5.74, 6) is 1.86. The van der Waals surface area contributed by atoms with Gasteiger partial charge in [0.1, 0.15) is 11.2 Å². The van der Waals surface area contributed by atoms with E-state index in [0.717, 1.165) is 44.2 Å². The normalized spacial score (nSPS) is 11.9. The van der Waals surface area contributed by atoms with Crippen LogP contribution < -0.4 is 0 Å². The van der Waals surface area contributed by atoms with Gasteiger partial charge in [0.15, 0.2) is 17.5 Å². The molecule has 0 saturated carbocycles. The van der Waals surface area contributed by atoms with Crippen LogP contribution in [0.4, 0.5) is 0 Å². The minimum absolute atomic E-state index is 0.602. The van der Waals surface area contributed by atoms with E-state index in [1.165, 1.54) is 53.2 Å². The highest BCUT2D eigenvalue weighted by Crippen LogP contribution is 2.45. The van der Waals surface area contributed by atoms with E-state index >= 15 is 0 Å². The van der Waals surface area contributed by atoms with Crippen LogP contribution in [0.15, 0.2) is 186 Å². The molecule has 0 N–H and O–H groups in total. The highest BCUT2D eigenvalue weighted by molar-refractivity contribution is 7.26. The third-order valence-electron chi connectivity index (χ3n) is 11.1. The number of hydrogen-bond donors (Lipinski definition) is 0. The van der Waals surface area contributed by atoms with Gasteiger partial charge >= 0.3 is 0 Å². The number of nitrogens with zero attached hydrogens (tertiary/aromatic N) is 4. The molecule has 8 aromatic carbocycles. The fraction of sp³-hybridized carbons (Fsp3) is 0. The van der Waals surface area contributed by atoms with Gasteiger partial charge in [-0.1, -0.05) is 140 Å². The first kappa shape index (κ1) is 31.9. The Kier molecular flexibility index (Phi) is 7.03. The van der Waals surface area contributed by atoms with Gasteiger partial charge in [-0.25, -0.2) is 15.0 Å². The summed E-state index contributed by atoms with van der Waals surface area (Å²) in [6.07, 6.45) is 0. The second-order valence-electron chi connectivity index (χ2n) is 14.3. The van der Waals surface area contributed by atoms with Gasteiger partial charge in [-0.05, 0) is 53.6 Å². The Morgan fingerprint density at radius 3 is 1.72 bits per heavy atom. The molecule has 0 amide bonds. The molecule has 0 bridgehead atoms. The van der Waals surface area contributed by atoms with E-state index in [2.05, 4.69) is 114 Å². The summed E-state index contributed by atoms with van der Waals surface area (Å²) in [6, 6.07) is 63.7. The van der Waals surface area contributed by atoms with Crippen LogP contribution in [0.25, 0.3) is 115 Å². The Bertz CT molecular complexity index is 3420. The lowest BCUT2D eigenvalue weighted by molar-refractivity contribution is 0.669. The smallest absolute Gasteiger partial charge is 0.164 e. The lowest BCUT2D eigenvalue weighted by Gasteiger charge is -2.10. The molecule has 12 aromatic rings. The number of aromatic nitrogens is 4. The largest absolute Gasteiger partial charge is 0.456 e. The molecule has 0 saturated heterocycles. The summed E-state index contributed by atoms with van der Waals surface area (Å²) in [4.78, 5) is 15.1. The summed E-state index contributed by atoms with van der Waals surface area (Å²) in [7, 11) is 0. The van der Waals surface area contributed by atoms with E-state index in [1.54, 1.807) is 0 Å². The van der Waals surface area contributed by atoms with E-state index in [0.29, 0.717) is 17.5 Å². The zero-order valence-corrected chi connectivity index (χ0v) is 31.2. The summed E-state index contributed by atoms with van der Waals surface area (Å²) >= 11 is 1.85. The van der Waals surface area contributed by atoms with Crippen LogP contribution in [0.1, 0.15) is 0 Å². The van der Waals surface area contributed by atoms with Crippen LogP contribution in [-0.2, 0) is 0 Å². The maximum absolute atomic E-state index is 6.53. The van der Waals surface area contributed by atoms with Crippen molar-refractivity contribution in [3.63, 3.8) is 0 Å². The van der Waals surface area contributed by atoms with Gasteiger partial charge in [-0.2, -0.15) is 0 Å². The molecule has 4 heterocycles. The van der Waals surface area contributed by atoms with E-state index < -0.39 is 0 Å². The van der Waals surface area contributed by atoms with Gasteiger partial charge in [-0.3, -0.25) is 0 Å². The molecule has 5 nitrogen and oxygen atoms in total. The number of benzene rings is 8. The molecule has 0 unspecified atom stereocenters. The molecular formula is C51H30N4OS. The van der Waals surface area contributed by atoms with E-state index in [-0.39, 0.29) is 0 Å². The van der Waals surface area contributed by atoms with Crippen LogP contribution >= 0.6 is 11.3 Å². The van der Waals surface area contributed by atoms with E-state index in [4.69, 9.17) is 19.4 Å². The standard InChI is InChI=1S/C51H30N4OS/c1-3-14-31(15-4-1)49-52-50(32-16-5-2-6-17-32)54-51(53-49)38-22-12-26-44-46(38)39-30-33(28-29-43(39)56-44)34-20-11-21-37-47-42(25-13-27-45(47)57-48(34)37)55-40-23-9-7-18-35(40)36-19-8-10-24-41(36)55/h1-30H. The quantitative estimate of drug-likeness (QED) is 0.176. The van der Waals surface area contributed by atoms with E-state index in [9.17, 15) is 0 Å². The summed E-state index contributed by atoms with van der Waals surface area (Å²) < 4.78 is 11.5. The fourth-order valence-electron chi connectivity index (χ4n) is 8.53. The second kappa shape index (κ2) is 12.6. The Morgan fingerprint density at radius 1 is 0.404 bits per heavy atom. The first-order valence-corrected chi connectivity index (χ1v) is 19.8. The van der Waals surface area contributed by atoms with Crippen molar-refractivity contribution in [3.8, 4) is 51.0 Å². The number of furan rings is 1. The number of hydrogen-bond acceptors (Lipinski definition) is 5. The lowest BCUT2D eigenvalue weighted by atomic mass is 9.99. The Hall–Kier alpha value is -7.41. The summed E-state index contributed by atoms with van der Waals surface area (Å²) in [6.45, 7) is 0. The van der Waals surface area contributed by atoms with Gasteiger partial charge in [0.05, 0.1) is 16.7 Å².